The van der Waals surface area contributed by atoms with Gasteiger partial charge in [-0.05, 0) is 67.6 Å². The van der Waals surface area contributed by atoms with Crippen molar-refractivity contribution in [2.75, 3.05) is 16.0 Å². The number of hydrogen-bond donors (Lipinski definition) is 3. The number of para-hydroxylation sites is 1. The minimum Gasteiger partial charge on any atom is -0.322 e. The van der Waals surface area contributed by atoms with Crippen LogP contribution in [0, 0.1) is 6.92 Å². The normalized spacial score (nSPS) is 10.4. The number of rotatable bonds is 5. The first-order valence-electron chi connectivity index (χ1n) is 9.84. The molecule has 32 heavy (non-hydrogen) atoms. The zero-order valence-corrected chi connectivity index (χ0v) is 18.8. The van der Waals surface area contributed by atoms with Gasteiger partial charge in [-0.2, -0.15) is 5.10 Å². The van der Waals surface area contributed by atoms with E-state index in [1.807, 2.05) is 49.4 Å². The van der Waals surface area contributed by atoms with Crippen molar-refractivity contribution in [3.8, 4) is 5.69 Å². The van der Waals surface area contributed by atoms with E-state index in [1.54, 1.807) is 47.3 Å². The lowest BCUT2D eigenvalue weighted by Crippen LogP contribution is -2.19. The highest BCUT2D eigenvalue weighted by Crippen LogP contribution is 2.19. The van der Waals surface area contributed by atoms with Crippen LogP contribution in [0.5, 0.6) is 0 Å². The fraction of sp³-hybridized carbons (Fsp3) is 0.0417. The molecule has 1 heterocycles. The van der Waals surface area contributed by atoms with E-state index in [0.717, 1.165) is 15.9 Å². The monoisotopic (exact) mass is 489 g/mol. The molecule has 3 amide bonds. The number of nitrogens with one attached hydrogen (secondary N) is 3. The maximum atomic E-state index is 12.7. The summed E-state index contributed by atoms with van der Waals surface area (Å²) >= 11 is 3.41. The second-order valence-corrected chi connectivity index (χ2v) is 7.92. The molecule has 0 aliphatic rings. The van der Waals surface area contributed by atoms with Gasteiger partial charge >= 0.3 is 6.03 Å². The second kappa shape index (κ2) is 9.49. The zero-order chi connectivity index (χ0) is 22.5. The number of urea groups is 1. The Morgan fingerprint density at radius 1 is 0.781 bits per heavy atom. The highest BCUT2D eigenvalue weighted by Gasteiger charge is 2.15. The predicted molar refractivity (Wildman–Crippen MR) is 129 cm³/mol. The molecule has 3 N–H and O–H groups in total. The molecule has 0 saturated carbocycles. The number of nitrogens with zero attached hydrogens (tertiary/aromatic N) is 2. The van der Waals surface area contributed by atoms with E-state index in [9.17, 15) is 9.59 Å². The Balaban J connectivity index is 1.39. The number of carbonyl (C=O) groups is 2. The van der Waals surface area contributed by atoms with E-state index in [2.05, 4.69) is 37.0 Å². The molecule has 0 unspecified atom stereocenters. The highest BCUT2D eigenvalue weighted by atomic mass is 79.9. The third kappa shape index (κ3) is 5.04. The van der Waals surface area contributed by atoms with E-state index in [-0.39, 0.29) is 11.9 Å². The molecule has 4 rings (SSSR count). The second-order valence-electron chi connectivity index (χ2n) is 7.01. The first-order valence-corrected chi connectivity index (χ1v) is 10.6. The lowest BCUT2D eigenvalue weighted by Gasteiger charge is -2.09. The number of aromatic nitrogens is 2. The van der Waals surface area contributed by atoms with Gasteiger partial charge in [-0.25, -0.2) is 9.48 Å². The van der Waals surface area contributed by atoms with Gasteiger partial charge in [0.1, 0.15) is 0 Å². The SMILES string of the molecule is Cc1c(C(=O)Nc2ccc(NC(=O)Nc3ccccc3)cc2)cnn1-c1ccc(Br)cc1. The summed E-state index contributed by atoms with van der Waals surface area (Å²) in [6.07, 6.45) is 1.55. The Labute approximate surface area is 193 Å². The molecule has 0 fully saturated rings. The lowest BCUT2D eigenvalue weighted by molar-refractivity contribution is 0.102. The number of carbonyl (C=O) groups excluding carboxylic acids is 2. The van der Waals surface area contributed by atoms with Crippen LogP contribution in [0.2, 0.25) is 0 Å². The quantitative estimate of drug-likeness (QED) is 0.329. The van der Waals surface area contributed by atoms with Gasteiger partial charge < -0.3 is 16.0 Å². The minimum atomic E-state index is -0.344. The van der Waals surface area contributed by atoms with E-state index < -0.39 is 0 Å². The van der Waals surface area contributed by atoms with Crippen LogP contribution in [0.3, 0.4) is 0 Å². The number of hydrogen-bond acceptors (Lipinski definition) is 3. The highest BCUT2D eigenvalue weighted by molar-refractivity contribution is 9.10. The molecular weight excluding hydrogens is 470 g/mol. The first kappa shape index (κ1) is 21.3. The maximum Gasteiger partial charge on any atom is 0.323 e. The Hall–Kier alpha value is -3.91. The molecule has 0 spiro atoms. The molecule has 0 aliphatic carbocycles. The molecule has 1 aromatic heterocycles. The summed E-state index contributed by atoms with van der Waals surface area (Å²) in [5.41, 5.74) is 4.01. The third-order valence-corrected chi connectivity index (χ3v) is 5.29. The van der Waals surface area contributed by atoms with Gasteiger partial charge in [0, 0.05) is 21.5 Å². The van der Waals surface area contributed by atoms with E-state index in [1.165, 1.54) is 0 Å². The van der Waals surface area contributed by atoms with E-state index in [4.69, 9.17) is 0 Å². The Bertz CT molecular complexity index is 1240. The summed E-state index contributed by atoms with van der Waals surface area (Å²) in [6.45, 7) is 1.85. The summed E-state index contributed by atoms with van der Waals surface area (Å²) in [7, 11) is 0. The van der Waals surface area contributed by atoms with Crippen LogP contribution < -0.4 is 16.0 Å². The van der Waals surface area contributed by atoms with Gasteiger partial charge in [0.2, 0.25) is 0 Å². The Morgan fingerprint density at radius 3 is 1.97 bits per heavy atom. The van der Waals surface area contributed by atoms with E-state index in [0.29, 0.717) is 22.6 Å². The van der Waals surface area contributed by atoms with Gasteiger partial charge in [0.05, 0.1) is 23.1 Å². The van der Waals surface area contributed by atoms with Gasteiger partial charge in [-0.3, -0.25) is 4.79 Å². The molecule has 160 valence electrons. The molecule has 0 aliphatic heterocycles. The van der Waals surface area contributed by atoms with Crippen molar-refractivity contribution < 1.29 is 9.59 Å². The van der Waals surface area contributed by atoms with Crippen LogP contribution in [0.4, 0.5) is 21.9 Å². The zero-order valence-electron chi connectivity index (χ0n) is 17.2. The van der Waals surface area contributed by atoms with Crippen LogP contribution >= 0.6 is 15.9 Å². The van der Waals surface area contributed by atoms with Crippen molar-refractivity contribution in [2.24, 2.45) is 0 Å². The van der Waals surface area contributed by atoms with Gasteiger partial charge in [-0.1, -0.05) is 34.1 Å². The number of amides is 3. The van der Waals surface area contributed by atoms with Crippen LogP contribution in [-0.2, 0) is 0 Å². The van der Waals surface area contributed by atoms with Crippen molar-refractivity contribution >= 4 is 44.9 Å². The molecular formula is C24H20BrN5O2. The minimum absolute atomic E-state index is 0.256. The fourth-order valence-electron chi connectivity index (χ4n) is 3.13. The number of halogens is 1. The first-order chi connectivity index (χ1) is 15.5. The summed E-state index contributed by atoms with van der Waals surface area (Å²) in [4.78, 5) is 24.8. The Morgan fingerprint density at radius 2 is 1.34 bits per heavy atom. The van der Waals surface area contributed by atoms with Crippen molar-refractivity contribution in [2.45, 2.75) is 6.92 Å². The van der Waals surface area contributed by atoms with Crippen molar-refractivity contribution in [3.05, 3.63) is 101 Å². The topological polar surface area (TPSA) is 88.1 Å². The molecule has 8 heteroatoms. The van der Waals surface area contributed by atoms with Crippen molar-refractivity contribution in [3.63, 3.8) is 0 Å². The molecule has 3 aromatic carbocycles. The van der Waals surface area contributed by atoms with Crippen LogP contribution in [0.25, 0.3) is 5.69 Å². The third-order valence-electron chi connectivity index (χ3n) is 4.76. The summed E-state index contributed by atoms with van der Waals surface area (Å²) in [6, 6.07) is 23.4. The fourth-order valence-corrected chi connectivity index (χ4v) is 3.39. The number of anilines is 3. The standard InChI is InChI=1S/C24H20BrN5O2/c1-16-22(15-26-30(16)21-13-7-17(25)8-14-21)23(31)27-19-9-11-20(12-10-19)29-24(32)28-18-5-3-2-4-6-18/h2-15H,1H3,(H,27,31)(H2,28,29,32). The smallest absolute Gasteiger partial charge is 0.322 e. The van der Waals surface area contributed by atoms with Crippen LogP contribution in [0.1, 0.15) is 16.1 Å². The van der Waals surface area contributed by atoms with E-state index >= 15 is 0 Å². The molecule has 4 aromatic rings. The largest absolute Gasteiger partial charge is 0.323 e. The number of benzene rings is 3. The summed E-state index contributed by atoms with van der Waals surface area (Å²) < 4.78 is 2.69. The van der Waals surface area contributed by atoms with Gasteiger partial charge in [-0.15, -0.1) is 0 Å². The average molecular weight is 490 g/mol. The molecule has 0 radical (unpaired) electrons. The van der Waals surface area contributed by atoms with Crippen molar-refractivity contribution in [1.29, 1.82) is 0 Å². The van der Waals surface area contributed by atoms with Gasteiger partial charge in [0.25, 0.3) is 5.91 Å². The van der Waals surface area contributed by atoms with Crippen molar-refractivity contribution in [1.82, 2.24) is 9.78 Å². The predicted octanol–water partition coefficient (Wildman–Crippen LogP) is 5.84. The lowest BCUT2D eigenvalue weighted by atomic mass is 10.2. The molecule has 0 saturated heterocycles. The van der Waals surface area contributed by atoms with Gasteiger partial charge in [0.15, 0.2) is 0 Å². The molecule has 0 atom stereocenters. The Kier molecular flexibility index (Phi) is 6.32. The molecule has 0 bridgehead atoms. The van der Waals surface area contributed by atoms with Crippen LogP contribution in [-0.4, -0.2) is 21.7 Å². The average Bonchev–Trinajstić information content (AvgIpc) is 3.18. The molecule has 7 nitrogen and oxygen atoms in total. The summed E-state index contributed by atoms with van der Waals surface area (Å²) in [5, 5.41) is 12.7. The van der Waals surface area contributed by atoms with Crippen LogP contribution in [0.15, 0.2) is 89.5 Å². The maximum absolute atomic E-state index is 12.7. The summed E-state index contributed by atoms with van der Waals surface area (Å²) in [5.74, 6) is -0.256.